The highest BCUT2D eigenvalue weighted by Gasteiger charge is 2.25. The Morgan fingerprint density at radius 2 is 2.15 bits per heavy atom. The van der Waals surface area contributed by atoms with E-state index in [1.54, 1.807) is 7.11 Å². The number of hydrogen-bond acceptors (Lipinski definition) is 4. The lowest BCUT2D eigenvalue weighted by atomic mass is 10.2. The molecule has 0 aliphatic carbocycles. The van der Waals surface area contributed by atoms with E-state index < -0.39 is 0 Å². The standard InChI is InChI=1S/C15H23N3O2/c1-16-10-13-4-3-9-18(13)11-15(19)17-12-5-7-14(20-2)8-6-12/h5-8,13,16H,3-4,9-11H2,1-2H3,(H,17,19). The number of benzene rings is 1. The Morgan fingerprint density at radius 3 is 2.80 bits per heavy atom. The number of nitrogens with zero attached hydrogens (tertiary/aromatic N) is 1. The van der Waals surface area contributed by atoms with Crippen LogP contribution in [0, 0.1) is 0 Å². The van der Waals surface area contributed by atoms with Gasteiger partial charge < -0.3 is 15.4 Å². The molecule has 0 bridgehead atoms. The lowest BCUT2D eigenvalue weighted by molar-refractivity contribution is -0.117. The zero-order valence-electron chi connectivity index (χ0n) is 12.2. The van der Waals surface area contributed by atoms with Crippen LogP contribution in [0.25, 0.3) is 0 Å². The van der Waals surface area contributed by atoms with Crippen LogP contribution in [0.5, 0.6) is 5.75 Å². The highest BCUT2D eigenvalue weighted by atomic mass is 16.5. The molecule has 0 saturated carbocycles. The molecule has 1 aromatic rings. The third kappa shape index (κ3) is 3.95. The number of ether oxygens (including phenoxy) is 1. The second kappa shape index (κ2) is 7.26. The van der Waals surface area contributed by atoms with E-state index in [1.807, 2.05) is 31.3 Å². The molecule has 5 nitrogen and oxygen atoms in total. The summed E-state index contributed by atoms with van der Waals surface area (Å²) in [5.74, 6) is 0.829. The molecule has 5 heteroatoms. The van der Waals surface area contributed by atoms with Gasteiger partial charge in [0.05, 0.1) is 13.7 Å². The number of rotatable bonds is 6. The van der Waals surface area contributed by atoms with E-state index in [9.17, 15) is 4.79 Å². The maximum absolute atomic E-state index is 12.1. The van der Waals surface area contributed by atoms with Crippen LogP contribution < -0.4 is 15.4 Å². The van der Waals surface area contributed by atoms with Crippen LogP contribution in [-0.2, 0) is 4.79 Å². The Bertz CT molecular complexity index is 433. The van der Waals surface area contributed by atoms with E-state index in [2.05, 4.69) is 15.5 Å². The first kappa shape index (κ1) is 14.8. The van der Waals surface area contributed by atoms with Gasteiger partial charge in [0.1, 0.15) is 5.75 Å². The van der Waals surface area contributed by atoms with Gasteiger partial charge in [0.15, 0.2) is 0 Å². The maximum Gasteiger partial charge on any atom is 0.238 e. The summed E-state index contributed by atoms with van der Waals surface area (Å²) in [6.07, 6.45) is 2.33. The molecule has 0 aromatic heterocycles. The first-order chi connectivity index (χ1) is 9.72. The van der Waals surface area contributed by atoms with Gasteiger partial charge in [-0.2, -0.15) is 0 Å². The third-order valence-electron chi connectivity index (χ3n) is 3.66. The van der Waals surface area contributed by atoms with Crippen LogP contribution in [-0.4, -0.2) is 50.6 Å². The van der Waals surface area contributed by atoms with Crippen molar-refractivity contribution in [2.24, 2.45) is 0 Å². The van der Waals surface area contributed by atoms with Crippen molar-refractivity contribution in [1.29, 1.82) is 0 Å². The van der Waals surface area contributed by atoms with Gasteiger partial charge >= 0.3 is 0 Å². The summed E-state index contributed by atoms with van der Waals surface area (Å²) in [6, 6.07) is 7.86. The molecule has 1 aliphatic rings. The fourth-order valence-corrected chi connectivity index (χ4v) is 2.63. The van der Waals surface area contributed by atoms with Gasteiger partial charge in [0.25, 0.3) is 0 Å². The lowest BCUT2D eigenvalue weighted by Gasteiger charge is -2.23. The van der Waals surface area contributed by atoms with Crippen molar-refractivity contribution in [3.05, 3.63) is 24.3 Å². The molecule has 0 spiro atoms. The fraction of sp³-hybridized carbons (Fsp3) is 0.533. The summed E-state index contributed by atoms with van der Waals surface area (Å²) in [4.78, 5) is 14.3. The van der Waals surface area contributed by atoms with Gasteiger partial charge in [0, 0.05) is 18.3 Å². The lowest BCUT2D eigenvalue weighted by Crippen LogP contribution is -2.41. The van der Waals surface area contributed by atoms with Crippen LogP contribution in [0.15, 0.2) is 24.3 Å². The van der Waals surface area contributed by atoms with Crippen LogP contribution in [0.2, 0.25) is 0 Å². The Morgan fingerprint density at radius 1 is 1.40 bits per heavy atom. The molecule has 20 heavy (non-hydrogen) atoms. The van der Waals surface area contributed by atoms with Crippen LogP contribution in [0.3, 0.4) is 0 Å². The van der Waals surface area contributed by atoms with Crippen LogP contribution >= 0.6 is 0 Å². The summed E-state index contributed by atoms with van der Waals surface area (Å²) in [5, 5.41) is 6.11. The molecular weight excluding hydrogens is 254 g/mol. The Labute approximate surface area is 120 Å². The predicted molar refractivity (Wildman–Crippen MR) is 80.1 cm³/mol. The number of nitrogens with one attached hydrogen (secondary N) is 2. The van der Waals surface area contributed by atoms with Gasteiger partial charge in [-0.3, -0.25) is 9.69 Å². The van der Waals surface area contributed by atoms with Gasteiger partial charge in [-0.25, -0.2) is 0 Å². The molecule has 1 fully saturated rings. The van der Waals surface area contributed by atoms with E-state index in [0.29, 0.717) is 12.6 Å². The molecule has 1 atom stereocenters. The second-order valence-corrected chi connectivity index (χ2v) is 5.10. The summed E-state index contributed by atoms with van der Waals surface area (Å²) in [7, 11) is 3.58. The third-order valence-corrected chi connectivity index (χ3v) is 3.66. The normalized spacial score (nSPS) is 19.0. The number of methoxy groups -OCH3 is 1. The van der Waals surface area contributed by atoms with Crippen molar-refractivity contribution in [2.75, 3.05) is 39.1 Å². The van der Waals surface area contributed by atoms with Crippen molar-refractivity contribution >= 4 is 11.6 Å². The summed E-state index contributed by atoms with van der Waals surface area (Å²) >= 11 is 0. The Balaban J connectivity index is 1.85. The SMILES string of the molecule is CNCC1CCCN1CC(=O)Nc1ccc(OC)cc1. The van der Waals surface area contributed by atoms with Crippen LogP contribution in [0.4, 0.5) is 5.69 Å². The van der Waals surface area contributed by atoms with Crippen molar-refractivity contribution in [2.45, 2.75) is 18.9 Å². The van der Waals surface area contributed by atoms with Gasteiger partial charge in [0.2, 0.25) is 5.91 Å². The van der Waals surface area contributed by atoms with E-state index in [-0.39, 0.29) is 5.91 Å². The average molecular weight is 277 g/mol. The molecule has 1 aliphatic heterocycles. The predicted octanol–water partition coefficient (Wildman–Crippen LogP) is 1.32. The molecule has 1 unspecified atom stereocenters. The largest absolute Gasteiger partial charge is 0.497 e. The van der Waals surface area contributed by atoms with Crippen molar-refractivity contribution in [3.8, 4) is 5.75 Å². The van der Waals surface area contributed by atoms with E-state index in [1.165, 1.54) is 6.42 Å². The molecular formula is C15H23N3O2. The highest BCUT2D eigenvalue weighted by molar-refractivity contribution is 5.92. The minimum absolute atomic E-state index is 0.0400. The number of likely N-dealkylation sites (N-methyl/N-ethyl adjacent to an activating group) is 1. The number of likely N-dealkylation sites (tertiary alicyclic amines) is 1. The number of hydrogen-bond donors (Lipinski definition) is 2. The van der Waals surface area contributed by atoms with Crippen molar-refractivity contribution in [1.82, 2.24) is 10.2 Å². The second-order valence-electron chi connectivity index (χ2n) is 5.10. The number of amides is 1. The highest BCUT2D eigenvalue weighted by Crippen LogP contribution is 2.17. The molecule has 1 amide bonds. The molecule has 1 heterocycles. The Hall–Kier alpha value is -1.59. The van der Waals surface area contributed by atoms with Crippen LogP contribution in [0.1, 0.15) is 12.8 Å². The average Bonchev–Trinajstić information content (AvgIpc) is 2.87. The summed E-state index contributed by atoms with van der Waals surface area (Å²) in [5.41, 5.74) is 0.806. The van der Waals surface area contributed by atoms with Gasteiger partial charge in [-0.15, -0.1) is 0 Å². The van der Waals surface area contributed by atoms with E-state index in [0.717, 1.165) is 30.9 Å². The van der Waals surface area contributed by atoms with Gasteiger partial charge in [-0.05, 0) is 50.7 Å². The first-order valence-corrected chi connectivity index (χ1v) is 7.05. The quantitative estimate of drug-likeness (QED) is 0.823. The molecule has 110 valence electrons. The zero-order valence-corrected chi connectivity index (χ0v) is 12.2. The molecule has 2 N–H and O–H groups in total. The fourth-order valence-electron chi connectivity index (χ4n) is 2.63. The number of carbonyl (C=O) groups is 1. The molecule has 1 saturated heterocycles. The Kier molecular flexibility index (Phi) is 5.38. The molecule has 1 aromatic carbocycles. The van der Waals surface area contributed by atoms with Crippen molar-refractivity contribution in [3.63, 3.8) is 0 Å². The van der Waals surface area contributed by atoms with Gasteiger partial charge in [-0.1, -0.05) is 0 Å². The monoisotopic (exact) mass is 277 g/mol. The molecule has 2 rings (SSSR count). The maximum atomic E-state index is 12.1. The smallest absolute Gasteiger partial charge is 0.238 e. The minimum Gasteiger partial charge on any atom is -0.497 e. The van der Waals surface area contributed by atoms with Crippen molar-refractivity contribution < 1.29 is 9.53 Å². The topological polar surface area (TPSA) is 53.6 Å². The summed E-state index contributed by atoms with van der Waals surface area (Å²) in [6.45, 7) is 2.40. The number of anilines is 1. The summed E-state index contributed by atoms with van der Waals surface area (Å²) < 4.78 is 5.09. The number of carbonyl (C=O) groups excluding carboxylic acids is 1. The first-order valence-electron chi connectivity index (χ1n) is 7.05. The molecule has 0 radical (unpaired) electrons. The minimum atomic E-state index is 0.0400. The zero-order chi connectivity index (χ0) is 14.4. The van der Waals surface area contributed by atoms with E-state index in [4.69, 9.17) is 4.74 Å². The van der Waals surface area contributed by atoms with E-state index >= 15 is 0 Å².